The SMILES string of the molecule is O=c1c2ccccc2n2c3cc(-c4ccc5c(=O)c6cccc7c(=O)c8ccccc8n(c5c4)c76)ccc3c(=O)c3cccc1c32.O=c1c2ccccc2n2c3ccc(-c4cc5c(=O)c6ccccc6n6c7ccccc7c(=O)c(c4)c56)cc3c(=O)c3cccc1c32.O=c1c2ccccc2n2c3ccccc3c(=O)c3cc(-c4ccc5c(=O)c6cccc7c(=O)c8ccccc8n(c5c4)c76)cc1c32. The summed E-state index contributed by atoms with van der Waals surface area (Å²) >= 11 is 0. The van der Waals surface area contributed by atoms with Gasteiger partial charge in [-0.25, -0.2) is 0 Å². The van der Waals surface area contributed by atoms with Crippen molar-refractivity contribution in [3.8, 4) is 33.4 Å². The zero-order valence-corrected chi connectivity index (χ0v) is 72.2. The molecule has 642 valence electrons. The fourth-order valence-corrected chi connectivity index (χ4v) is 22.6. The van der Waals surface area contributed by atoms with E-state index in [4.69, 9.17) is 0 Å². The van der Waals surface area contributed by atoms with Gasteiger partial charge in [-0.2, -0.15) is 0 Å². The highest BCUT2D eigenvalue weighted by Gasteiger charge is 2.28. The van der Waals surface area contributed by atoms with Crippen LogP contribution in [0.4, 0.5) is 0 Å². The molecule has 18 aromatic carbocycles. The molecule has 0 spiro atoms. The summed E-state index contributed by atoms with van der Waals surface area (Å²) < 4.78 is 12.1. The third-order valence-electron chi connectivity index (χ3n) is 28.7. The molecule has 0 saturated heterocycles. The number of hydrogen-bond acceptors (Lipinski definition) is 12. The Morgan fingerprint density at radius 1 is 0.101 bits per heavy atom. The molecule has 0 bridgehead atoms. The first-order valence-electron chi connectivity index (χ1n) is 45.1. The van der Waals surface area contributed by atoms with Gasteiger partial charge in [-0.15, -0.1) is 0 Å². The van der Waals surface area contributed by atoms with Crippen molar-refractivity contribution >= 4 is 229 Å². The van der Waals surface area contributed by atoms with Gasteiger partial charge in [0.2, 0.25) is 0 Å². The standard InChI is InChI=1S/3C40H20N2O4/c43-37-23-8-1-6-15-33(23)42-34-20-21(16-17-26(34)38(44)28-12-7-11-27(37)35(28)42)22-18-29-36-30(19-22)40(46)25-10-3-5-14-32(25)41(36)31-13-4-2-9-24(31)39(29)45;43-37-23-8-1-4-13-31(23)42-34-17-16-21(18-28(34)40(46)27-12-7-11-26(37)35(27)42)22-19-29-36-30(20-22)39(45)25-10-3-6-15-33(25)41(36)32-14-5-2-9-24(32)38(29)44;43-37-23-7-1-3-13-31(23)41-33-19-21(15-17-25(33)39(45)29-11-5-9-27(37)35(29)41)22-16-18-26-34(20-22)42-32-14-4-2-8-24(32)38(44)28-10-6-12-30(36(28)42)40(26)46/h3*1-20H. The Morgan fingerprint density at radius 3 is 0.478 bits per heavy atom. The van der Waals surface area contributed by atoms with E-state index in [2.05, 4.69) is 0 Å². The molecule has 18 nitrogen and oxygen atoms in total. The Balaban J connectivity index is 0.000000102. The van der Waals surface area contributed by atoms with Crippen LogP contribution in [0.5, 0.6) is 0 Å². The molecule has 0 unspecified atom stereocenters. The molecule has 0 atom stereocenters. The molecule has 0 aliphatic heterocycles. The molecule has 18 heteroatoms. The Morgan fingerprint density at radius 2 is 0.246 bits per heavy atom. The van der Waals surface area contributed by atoms with E-state index in [1.807, 2.05) is 305 Å². The summed E-state index contributed by atoms with van der Waals surface area (Å²) in [4.78, 5) is 166. The van der Waals surface area contributed by atoms with Crippen LogP contribution in [0, 0.1) is 0 Å². The van der Waals surface area contributed by atoms with E-state index in [9.17, 15) is 57.5 Å². The van der Waals surface area contributed by atoms with Crippen LogP contribution in [0.25, 0.3) is 262 Å². The third-order valence-corrected chi connectivity index (χ3v) is 28.7. The van der Waals surface area contributed by atoms with E-state index < -0.39 is 0 Å². The number of hydrogen-bond donors (Lipinski definition) is 0. The van der Waals surface area contributed by atoms with Crippen molar-refractivity contribution in [2.75, 3.05) is 0 Å². The molecular formula is C120H60N6O12. The topological polar surface area (TPSA) is 231 Å². The van der Waals surface area contributed by atoms with Gasteiger partial charge in [0.25, 0.3) is 0 Å². The number of aromatic nitrogens is 6. The maximum atomic E-state index is 14.1. The van der Waals surface area contributed by atoms with Gasteiger partial charge in [-0.3, -0.25) is 57.5 Å². The highest BCUT2D eigenvalue weighted by atomic mass is 16.2. The van der Waals surface area contributed by atoms with Crippen LogP contribution in [0.3, 0.4) is 0 Å². The predicted molar refractivity (Wildman–Crippen MR) is 559 cm³/mol. The van der Waals surface area contributed by atoms with Gasteiger partial charge in [-0.05, 0) is 252 Å². The van der Waals surface area contributed by atoms with Crippen molar-refractivity contribution in [2.45, 2.75) is 0 Å². The average molecular weight is 1780 g/mol. The number of nitrogens with zero attached hydrogens (tertiary/aromatic N) is 6. The predicted octanol–water partition coefficient (Wildman–Crippen LogP) is 21.3. The smallest absolute Gasteiger partial charge is 0.197 e. The van der Waals surface area contributed by atoms with Crippen molar-refractivity contribution in [1.29, 1.82) is 0 Å². The van der Waals surface area contributed by atoms with Gasteiger partial charge in [0.05, 0.1) is 99.3 Å². The molecule has 12 aromatic heterocycles. The van der Waals surface area contributed by atoms with Crippen molar-refractivity contribution in [3.63, 3.8) is 0 Å². The first kappa shape index (κ1) is 77.6. The molecular weight excluding hydrogens is 1720 g/mol. The van der Waals surface area contributed by atoms with Crippen LogP contribution in [0.15, 0.2) is 422 Å². The molecule has 30 rings (SSSR count). The molecule has 0 N–H and O–H groups in total. The van der Waals surface area contributed by atoms with Crippen molar-refractivity contribution in [1.82, 2.24) is 26.4 Å². The summed E-state index contributed by atoms with van der Waals surface area (Å²) in [7, 11) is 0. The second-order valence-electron chi connectivity index (χ2n) is 35.7. The van der Waals surface area contributed by atoms with E-state index in [0.717, 1.165) is 55.3 Å². The largest absolute Gasteiger partial charge is 0.308 e. The van der Waals surface area contributed by atoms with Crippen LogP contribution in [0.2, 0.25) is 0 Å². The second-order valence-corrected chi connectivity index (χ2v) is 35.7. The average Bonchev–Trinajstić information content (AvgIpc) is 0.710. The minimum absolute atomic E-state index is 0.101. The molecule has 0 radical (unpaired) electrons. The first-order valence-corrected chi connectivity index (χ1v) is 45.1. The summed E-state index contributed by atoms with van der Waals surface area (Å²) in [5.41, 5.74) is 15.0. The van der Waals surface area contributed by atoms with Crippen molar-refractivity contribution in [2.24, 2.45) is 0 Å². The normalized spacial score (nSPS) is 12.3. The minimum atomic E-state index is -0.183. The molecule has 0 fully saturated rings. The molecule has 0 aliphatic carbocycles. The van der Waals surface area contributed by atoms with Gasteiger partial charge >= 0.3 is 0 Å². The van der Waals surface area contributed by atoms with Crippen LogP contribution < -0.4 is 65.1 Å². The van der Waals surface area contributed by atoms with Gasteiger partial charge < -0.3 is 26.4 Å². The van der Waals surface area contributed by atoms with Gasteiger partial charge in [0, 0.05) is 129 Å². The minimum Gasteiger partial charge on any atom is -0.308 e. The molecule has 12 heterocycles. The van der Waals surface area contributed by atoms with Gasteiger partial charge in [0.15, 0.2) is 65.1 Å². The fraction of sp³-hybridized carbons (Fsp3) is 0. The van der Waals surface area contributed by atoms with Gasteiger partial charge in [0.1, 0.15) is 0 Å². The van der Waals surface area contributed by atoms with E-state index in [1.54, 1.807) is 84.9 Å². The lowest BCUT2D eigenvalue weighted by Gasteiger charge is -2.17. The Bertz CT molecular complexity index is 11300. The number of benzene rings is 18. The van der Waals surface area contributed by atoms with E-state index in [-0.39, 0.29) is 65.1 Å². The third kappa shape index (κ3) is 10.4. The number of para-hydroxylation sites is 12. The first-order chi connectivity index (χ1) is 67.5. The quantitative estimate of drug-likeness (QED) is 0.119. The van der Waals surface area contributed by atoms with Crippen LogP contribution in [-0.2, 0) is 0 Å². The lowest BCUT2D eigenvalue weighted by Crippen LogP contribution is -2.14. The summed E-state index contributed by atoms with van der Waals surface area (Å²) in [6, 6.07) is 111. The number of pyridine rings is 12. The number of fused-ring (bicyclic) bond motifs is 24. The molecule has 30 aromatic rings. The van der Waals surface area contributed by atoms with Crippen molar-refractivity contribution < 1.29 is 0 Å². The maximum absolute atomic E-state index is 14.1. The zero-order valence-electron chi connectivity index (χ0n) is 72.2. The summed E-state index contributed by atoms with van der Waals surface area (Å²) in [6.07, 6.45) is 0. The lowest BCUT2D eigenvalue weighted by atomic mass is 9.95. The maximum Gasteiger partial charge on any atom is 0.197 e. The zero-order chi connectivity index (χ0) is 92.5. The summed E-state index contributed by atoms with van der Waals surface area (Å²) in [6.45, 7) is 0. The molecule has 0 amide bonds. The highest BCUT2D eigenvalue weighted by Crippen LogP contribution is 2.40. The molecule has 138 heavy (non-hydrogen) atoms. The fourth-order valence-electron chi connectivity index (χ4n) is 22.6. The van der Waals surface area contributed by atoms with E-state index >= 15 is 0 Å². The van der Waals surface area contributed by atoms with E-state index in [1.165, 1.54) is 0 Å². The summed E-state index contributed by atoms with van der Waals surface area (Å²) in [5, 5.41) is 12.3. The highest BCUT2D eigenvalue weighted by molar-refractivity contribution is 6.17. The van der Waals surface area contributed by atoms with Crippen LogP contribution in [0.1, 0.15) is 0 Å². The Hall–Kier alpha value is -19.2. The van der Waals surface area contributed by atoms with Crippen molar-refractivity contribution in [3.05, 3.63) is 487 Å². The Labute approximate surface area is 770 Å². The van der Waals surface area contributed by atoms with Gasteiger partial charge in [-0.1, -0.05) is 146 Å². The lowest BCUT2D eigenvalue weighted by molar-refractivity contribution is 1.30. The Kier molecular flexibility index (Phi) is 15.8. The number of rotatable bonds is 3. The van der Waals surface area contributed by atoms with E-state index in [0.29, 0.717) is 207 Å². The van der Waals surface area contributed by atoms with Crippen LogP contribution in [-0.4, -0.2) is 26.4 Å². The second kappa shape index (κ2) is 28.2. The monoisotopic (exact) mass is 1780 g/mol. The molecule has 0 saturated carbocycles. The summed E-state index contributed by atoms with van der Waals surface area (Å²) in [5.74, 6) is 0. The van der Waals surface area contributed by atoms with Crippen LogP contribution >= 0.6 is 0 Å². The molecule has 0 aliphatic rings.